The first-order valence-corrected chi connectivity index (χ1v) is 24.6. The molecule has 2 heteroatoms. The van der Waals surface area contributed by atoms with Crippen molar-refractivity contribution in [3.05, 3.63) is 265 Å². The topological polar surface area (TPSA) is 6.48 Å². The van der Waals surface area contributed by atoms with Crippen LogP contribution in [-0.4, -0.2) is 0 Å². The Bertz CT molecular complexity index is 3450. The van der Waals surface area contributed by atoms with Gasteiger partial charge in [0.1, 0.15) is 0 Å². The number of para-hydroxylation sites is 4. The maximum atomic E-state index is 2.57. The minimum Gasteiger partial charge on any atom is -0.311 e. The first-order chi connectivity index (χ1) is 34.3. The molecule has 0 heterocycles. The van der Waals surface area contributed by atoms with Crippen molar-refractivity contribution in [1.82, 2.24) is 0 Å². The summed E-state index contributed by atoms with van der Waals surface area (Å²) in [6, 6.07) is 89.2. The van der Waals surface area contributed by atoms with Gasteiger partial charge in [0.2, 0.25) is 0 Å². The van der Waals surface area contributed by atoms with Gasteiger partial charge in [-0.3, -0.25) is 0 Å². The Morgan fingerprint density at radius 3 is 0.829 bits per heavy atom. The molecule has 70 heavy (non-hydrogen) atoms. The van der Waals surface area contributed by atoms with Crippen LogP contribution in [0, 0.1) is 0 Å². The fourth-order valence-corrected chi connectivity index (χ4v) is 12.1. The van der Waals surface area contributed by atoms with E-state index in [9.17, 15) is 0 Å². The van der Waals surface area contributed by atoms with Crippen LogP contribution in [0.4, 0.5) is 34.1 Å². The monoisotopic (exact) mass is 896 g/mol. The van der Waals surface area contributed by atoms with Crippen LogP contribution in [0.1, 0.15) is 49.9 Å². The molecule has 2 aliphatic rings. The molecule has 11 aromatic rings. The Balaban J connectivity index is 0.932. The minimum absolute atomic E-state index is 0.223. The van der Waals surface area contributed by atoms with E-state index in [-0.39, 0.29) is 10.8 Å². The summed E-state index contributed by atoms with van der Waals surface area (Å²) in [6.07, 6.45) is 0. The van der Waals surface area contributed by atoms with Crippen molar-refractivity contribution >= 4 is 55.7 Å². The first kappa shape index (κ1) is 41.7. The van der Waals surface area contributed by atoms with E-state index in [0.29, 0.717) is 0 Å². The van der Waals surface area contributed by atoms with E-state index in [4.69, 9.17) is 0 Å². The molecule has 0 radical (unpaired) electrons. The third-order valence-electron chi connectivity index (χ3n) is 15.4. The highest BCUT2D eigenvalue weighted by Gasteiger charge is 2.43. The molecule has 0 atom stereocenters. The first-order valence-electron chi connectivity index (χ1n) is 24.6. The molecule has 0 N–H and O–H groups in total. The van der Waals surface area contributed by atoms with Gasteiger partial charge in [-0.25, -0.2) is 0 Å². The van der Waals surface area contributed by atoms with Crippen LogP contribution < -0.4 is 9.80 Å². The normalized spacial score (nSPS) is 13.7. The number of fused-ring (bicyclic) bond motifs is 10. The van der Waals surface area contributed by atoms with Gasteiger partial charge in [0, 0.05) is 45.0 Å². The van der Waals surface area contributed by atoms with Crippen molar-refractivity contribution in [3.63, 3.8) is 0 Å². The Labute approximate surface area is 411 Å². The smallest absolute Gasteiger partial charge is 0.0462 e. The second kappa shape index (κ2) is 16.1. The molecule has 2 nitrogen and oxygen atoms in total. The summed E-state index contributed by atoms with van der Waals surface area (Å²) in [6.45, 7) is 9.76. The van der Waals surface area contributed by atoms with Crippen LogP contribution in [0.25, 0.3) is 66.1 Å². The van der Waals surface area contributed by atoms with Gasteiger partial charge in [0.25, 0.3) is 0 Å². The highest BCUT2D eigenvalue weighted by atomic mass is 15.1. The lowest BCUT2D eigenvalue weighted by atomic mass is 9.77. The summed E-state index contributed by atoms with van der Waals surface area (Å²) in [5, 5.41) is 5.22. The van der Waals surface area contributed by atoms with E-state index in [0.717, 1.165) is 34.1 Å². The van der Waals surface area contributed by atoms with Gasteiger partial charge in [-0.1, -0.05) is 173 Å². The molecule has 0 saturated heterocycles. The molecule has 2 aliphatic carbocycles. The molecule has 0 bridgehead atoms. The molecule has 0 unspecified atom stereocenters. The molecule has 0 aliphatic heterocycles. The highest BCUT2D eigenvalue weighted by molar-refractivity contribution is 6.09. The summed E-state index contributed by atoms with van der Waals surface area (Å²) in [7, 11) is 0. The van der Waals surface area contributed by atoms with E-state index in [1.165, 1.54) is 88.3 Å². The van der Waals surface area contributed by atoms with Crippen LogP contribution in [0.15, 0.2) is 243 Å². The molecule has 0 spiro atoms. The summed E-state index contributed by atoms with van der Waals surface area (Å²) in [5.41, 5.74) is 22.3. The van der Waals surface area contributed by atoms with E-state index in [1.807, 2.05) is 0 Å². The lowest BCUT2D eigenvalue weighted by Crippen LogP contribution is -2.17. The van der Waals surface area contributed by atoms with Crippen molar-refractivity contribution in [2.75, 3.05) is 9.80 Å². The third-order valence-corrected chi connectivity index (χ3v) is 15.4. The molecular weight excluding hydrogens is 845 g/mol. The van der Waals surface area contributed by atoms with Gasteiger partial charge in [0.15, 0.2) is 0 Å². The number of hydrogen-bond donors (Lipinski definition) is 0. The van der Waals surface area contributed by atoms with E-state index >= 15 is 0 Å². The molecule has 334 valence electrons. The Morgan fingerprint density at radius 1 is 0.243 bits per heavy atom. The molecule has 0 amide bonds. The fourth-order valence-electron chi connectivity index (χ4n) is 12.1. The van der Waals surface area contributed by atoms with Crippen molar-refractivity contribution in [2.45, 2.75) is 38.5 Å². The second-order valence-electron chi connectivity index (χ2n) is 20.1. The number of hydrogen-bond acceptors (Lipinski definition) is 2. The van der Waals surface area contributed by atoms with E-state index < -0.39 is 0 Å². The van der Waals surface area contributed by atoms with Crippen LogP contribution >= 0.6 is 0 Å². The lowest BCUT2D eigenvalue weighted by Gasteiger charge is -2.26. The van der Waals surface area contributed by atoms with Crippen LogP contribution in [-0.2, 0) is 10.8 Å². The van der Waals surface area contributed by atoms with Gasteiger partial charge in [-0.05, 0) is 185 Å². The van der Waals surface area contributed by atoms with Gasteiger partial charge in [-0.15, -0.1) is 0 Å². The summed E-state index contributed by atoms with van der Waals surface area (Å²) < 4.78 is 0. The van der Waals surface area contributed by atoms with E-state index in [1.54, 1.807) is 0 Å². The second-order valence-corrected chi connectivity index (χ2v) is 20.1. The number of rotatable bonds is 8. The van der Waals surface area contributed by atoms with E-state index in [2.05, 4.69) is 280 Å². The maximum absolute atomic E-state index is 2.57. The zero-order valence-electron chi connectivity index (χ0n) is 40.0. The summed E-state index contributed by atoms with van der Waals surface area (Å²) in [5.74, 6) is 0. The average molecular weight is 897 g/mol. The molecule has 0 fully saturated rings. The van der Waals surface area contributed by atoms with Gasteiger partial charge in [0.05, 0.1) is 0 Å². The lowest BCUT2D eigenvalue weighted by molar-refractivity contribution is 0.657. The van der Waals surface area contributed by atoms with Crippen LogP contribution in [0.5, 0.6) is 0 Å². The summed E-state index contributed by atoms with van der Waals surface area (Å²) >= 11 is 0. The van der Waals surface area contributed by atoms with Crippen molar-refractivity contribution in [1.29, 1.82) is 0 Å². The molecule has 13 rings (SSSR count). The van der Waals surface area contributed by atoms with Gasteiger partial charge < -0.3 is 9.80 Å². The van der Waals surface area contributed by atoms with Crippen molar-refractivity contribution in [2.24, 2.45) is 0 Å². The van der Waals surface area contributed by atoms with Gasteiger partial charge in [-0.2, -0.15) is 0 Å². The van der Waals surface area contributed by atoms with Crippen LogP contribution in [0.3, 0.4) is 0 Å². The number of anilines is 6. The fraction of sp³-hybridized carbons (Fsp3) is 0.0882. The standard InChI is InChI=1S/C68H52N2/c1-67(2)63-43-60-62-42-58(46-35-39-52(40-36-46)70(49-25-13-7-14-26-49)50-27-15-8-16-28-50)54-30-18-20-32-56(54)66(62)68(3,4)64(60)44-59(63)61-41-57(53-29-17-19-31-55(53)65(61)67)45-33-37-51(38-34-45)69(47-21-9-5-10-22-47)48-23-11-6-12-24-48/h5-44H,1-4H3. The zero-order chi connectivity index (χ0) is 47.1. The largest absolute Gasteiger partial charge is 0.311 e. The molecular formula is C68H52N2. The highest BCUT2D eigenvalue weighted by Crippen LogP contribution is 2.60. The predicted molar refractivity (Wildman–Crippen MR) is 297 cm³/mol. The Hall–Kier alpha value is -8.46. The SMILES string of the molecule is CC1(C)c2cc3c(cc2-c2cc(-c4ccc(N(c5ccccc5)c5ccccc5)cc4)c4ccccc4c21)C(C)(C)c1c-3cc(-c2ccc(N(c3ccccc3)c3ccccc3)cc2)c2ccccc12. The molecule has 11 aromatic carbocycles. The minimum atomic E-state index is -0.223. The number of nitrogens with zero attached hydrogens (tertiary/aromatic N) is 2. The Morgan fingerprint density at radius 2 is 0.514 bits per heavy atom. The average Bonchev–Trinajstić information content (AvgIpc) is 3.78. The number of benzene rings is 11. The van der Waals surface area contributed by atoms with Crippen molar-refractivity contribution in [3.8, 4) is 44.5 Å². The van der Waals surface area contributed by atoms with Gasteiger partial charge >= 0.3 is 0 Å². The quantitative estimate of drug-likeness (QED) is 0.150. The zero-order valence-corrected chi connectivity index (χ0v) is 40.0. The predicted octanol–water partition coefficient (Wildman–Crippen LogP) is 18.9. The molecule has 0 aromatic heterocycles. The maximum Gasteiger partial charge on any atom is 0.0462 e. The third kappa shape index (κ3) is 6.47. The summed E-state index contributed by atoms with van der Waals surface area (Å²) in [4.78, 5) is 4.66. The molecule has 0 saturated carbocycles. The Kier molecular flexibility index (Phi) is 9.58. The van der Waals surface area contributed by atoms with Crippen LogP contribution in [0.2, 0.25) is 0 Å². The van der Waals surface area contributed by atoms with Crippen molar-refractivity contribution < 1.29 is 0 Å².